The van der Waals surface area contributed by atoms with Gasteiger partial charge in [0.05, 0.1) is 13.2 Å². The fourth-order valence-electron chi connectivity index (χ4n) is 1.75. The fourth-order valence-corrected chi connectivity index (χ4v) is 1.75. The van der Waals surface area contributed by atoms with Crippen LogP contribution in [0.25, 0.3) is 0 Å². The van der Waals surface area contributed by atoms with E-state index in [1.807, 2.05) is 17.2 Å². The SMILES string of the molecule is NCCOCCN1C=CC1N1C(=O)C=CC1=O. The first-order valence-electron chi connectivity index (χ1n) is 5.51. The lowest BCUT2D eigenvalue weighted by atomic mass is 10.2. The lowest BCUT2D eigenvalue weighted by molar-refractivity contribution is -0.142. The Balaban J connectivity index is 1.81. The van der Waals surface area contributed by atoms with Gasteiger partial charge in [-0.1, -0.05) is 0 Å². The van der Waals surface area contributed by atoms with Gasteiger partial charge in [0.2, 0.25) is 0 Å². The Kier molecular flexibility index (Phi) is 3.55. The third-order valence-electron chi connectivity index (χ3n) is 2.65. The summed E-state index contributed by atoms with van der Waals surface area (Å²) in [7, 11) is 0. The molecule has 2 aliphatic heterocycles. The number of carbonyl (C=O) groups is 2. The number of hydrogen-bond acceptors (Lipinski definition) is 5. The highest BCUT2D eigenvalue weighted by Gasteiger charge is 2.35. The van der Waals surface area contributed by atoms with Crippen LogP contribution < -0.4 is 5.73 Å². The van der Waals surface area contributed by atoms with Crippen molar-refractivity contribution in [3.05, 3.63) is 24.4 Å². The Morgan fingerprint density at radius 3 is 2.47 bits per heavy atom. The third kappa shape index (κ3) is 2.37. The Morgan fingerprint density at radius 2 is 1.94 bits per heavy atom. The maximum Gasteiger partial charge on any atom is 0.255 e. The predicted molar refractivity (Wildman–Crippen MR) is 60.5 cm³/mol. The van der Waals surface area contributed by atoms with Gasteiger partial charge in [0.25, 0.3) is 11.8 Å². The minimum Gasteiger partial charge on any atom is -0.378 e. The molecule has 1 atom stereocenters. The molecule has 0 aromatic carbocycles. The van der Waals surface area contributed by atoms with Crippen molar-refractivity contribution in [2.24, 2.45) is 5.73 Å². The van der Waals surface area contributed by atoms with Gasteiger partial charge in [-0.15, -0.1) is 0 Å². The Bertz CT molecular complexity index is 360. The predicted octanol–water partition coefficient (Wildman–Crippen LogP) is -0.958. The highest BCUT2D eigenvalue weighted by Crippen LogP contribution is 2.20. The van der Waals surface area contributed by atoms with Crippen LogP contribution in [0.5, 0.6) is 0 Å². The van der Waals surface area contributed by atoms with Crippen molar-refractivity contribution in [2.75, 3.05) is 26.3 Å². The molecule has 6 heteroatoms. The van der Waals surface area contributed by atoms with Crippen molar-refractivity contribution in [3.8, 4) is 0 Å². The first kappa shape index (κ1) is 11.8. The number of ether oxygens (including phenoxy) is 1. The minimum atomic E-state index is -0.272. The van der Waals surface area contributed by atoms with Crippen molar-refractivity contribution >= 4 is 11.8 Å². The molecule has 17 heavy (non-hydrogen) atoms. The second kappa shape index (κ2) is 5.11. The fraction of sp³-hybridized carbons (Fsp3) is 0.455. The number of nitrogens with two attached hydrogens (primary N) is 1. The summed E-state index contributed by atoms with van der Waals surface area (Å²) < 4.78 is 5.25. The molecule has 0 saturated carbocycles. The smallest absolute Gasteiger partial charge is 0.255 e. The van der Waals surface area contributed by atoms with Gasteiger partial charge in [0.15, 0.2) is 0 Å². The molecule has 92 valence electrons. The summed E-state index contributed by atoms with van der Waals surface area (Å²) in [6, 6.07) is 0. The van der Waals surface area contributed by atoms with E-state index in [0.29, 0.717) is 26.3 Å². The van der Waals surface area contributed by atoms with Gasteiger partial charge in [0.1, 0.15) is 6.17 Å². The number of nitrogens with zero attached hydrogens (tertiary/aromatic N) is 2. The molecule has 1 unspecified atom stereocenters. The maximum absolute atomic E-state index is 11.5. The Morgan fingerprint density at radius 1 is 1.24 bits per heavy atom. The van der Waals surface area contributed by atoms with Crippen molar-refractivity contribution < 1.29 is 14.3 Å². The van der Waals surface area contributed by atoms with E-state index in [4.69, 9.17) is 10.5 Å². The molecule has 0 aromatic rings. The summed E-state index contributed by atoms with van der Waals surface area (Å²) in [6.07, 6.45) is 5.96. The molecule has 0 radical (unpaired) electrons. The minimum absolute atomic E-state index is 0.266. The second-order valence-corrected chi connectivity index (χ2v) is 3.77. The van der Waals surface area contributed by atoms with E-state index in [2.05, 4.69) is 0 Å². The second-order valence-electron chi connectivity index (χ2n) is 3.77. The zero-order valence-electron chi connectivity index (χ0n) is 9.41. The lowest BCUT2D eigenvalue weighted by Crippen LogP contribution is -2.53. The van der Waals surface area contributed by atoms with E-state index in [1.54, 1.807) is 0 Å². The molecule has 0 aliphatic carbocycles. The van der Waals surface area contributed by atoms with Crippen LogP contribution in [0.2, 0.25) is 0 Å². The molecule has 6 nitrogen and oxygen atoms in total. The van der Waals surface area contributed by atoms with Crippen molar-refractivity contribution in [1.82, 2.24) is 9.80 Å². The first-order valence-corrected chi connectivity index (χ1v) is 5.51. The monoisotopic (exact) mass is 237 g/mol. The van der Waals surface area contributed by atoms with Gasteiger partial charge in [0, 0.05) is 31.4 Å². The number of amides is 2. The summed E-state index contributed by atoms with van der Waals surface area (Å²) in [5.41, 5.74) is 5.30. The van der Waals surface area contributed by atoms with Gasteiger partial charge >= 0.3 is 0 Å². The average Bonchev–Trinajstić information content (AvgIpc) is 2.59. The number of imide groups is 1. The first-order chi connectivity index (χ1) is 8.24. The molecule has 2 aliphatic rings. The Hall–Kier alpha value is -1.66. The molecule has 2 rings (SSSR count). The number of hydrogen-bond donors (Lipinski definition) is 1. The van der Waals surface area contributed by atoms with Crippen LogP contribution in [0.3, 0.4) is 0 Å². The van der Waals surface area contributed by atoms with Crippen molar-refractivity contribution in [1.29, 1.82) is 0 Å². The van der Waals surface area contributed by atoms with E-state index in [-0.39, 0.29) is 18.0 Å². The molecule has 0 saturated heterocycles. The quantitative estimate of drug-likeness (QED) is 0.476. The molecule has 0 bridgehead atoms. The Labute approximate surface area is 99.3 Å². The highest BCUT2D eigenvalue weighted by atomic mass is 16.5. The molecular weight excluding hydrogens is 222 g/mol. The van der Waals surface area contributed by atoms with Crippen LogP contribution in [0.1, 0.15) is 0 Å². The largest absolute Gasteiger partial charge is 0.378 e. The highest BCUT2D eigenvalue weighted by molar-refractivity contribution is 6.13. The molecule has 0 fully saturated rings. The van der Waals surface area contributed by atoms with Crippen LogP contribution in [-0.2, 0) is 14.3 Å². The zero-order chi connectivity index (χ0) is 12.3. The normalized spacial score (nSPS) is 22.5. The molecular formula is C11H15N3O3. The van der Waals surface area contributed by atoms with Gasteiger partial charge in [-0.25, -0.2) is 0 Å². The van der Waals surface area contributed by atoms with Crippen LogP contribution in [0, 0.1) is 0 Å². The summed E-state index contributed by atoms with van der Waals surface area (Å²) >= 11 is 0. The van der Waals surface area contributed by atoms with Gasteiger partial charge in [-0.3, -0.25) is 14.5 Å². The maximum atomic E-state index is 11.5. The molecule has 0 spiro atoms. The number of rotatable bonds is 6. The van der Waals surface area contributed by atoms with Crippen LogP contribution in [0.15, 0.2) is 24.4 Å². The van der Waals surface area contributed by atoms with Crippen molar-refractivity contribution in [3.63, 3.8) is 0 Å². The van der Waals surface area contributed by atoms with Gasteiger partial charge in [-0.2, -0.15) is 0 Å². The lowest BCUT2D eigenvalue weighted by Gasteiger charge is -2.39. The summed E-state index contributed by atoms with van der Waals surface area (Å²) in [6.45, 7) is 2.18. The molecule has 2 amide bonds. The molecule has 0 aromatic heterocycles. The van der Waals surface area contributed by atoms with E-state index in [1.165, 1.54) is 17.1 Å². The van der Waals surface area contributed by atoms with E-state index in [0.717, 1.165) is 0 Å². The third-order valence-corrected chi connectivity index (χ3v) is 2.65. The van der Waals surface area contributed by atoms with Crippen LogP contribution >= 0.6 is 0 Å². The van der Waals surface area contributed by atoms with E-state index in [9.17, 15) is 9.59 Å². The standard InChI is InChI=1S/C11H15N3O3/c12-4-7-17-8-6-13-5-3-9(13)14-10(15)1-2-11(14)16/h1-3,5,9H,4,6-8,12H2. The molecule has 2 heterocycles. The summed E-state index contributed by atoms with van der Waals surface area (Å²) in [5.74, 6) is -0.533. The molecule has 2 N–H and O–H groups in total. The van der Waals surface area contributed by atoms with E-state index < -0.39 is 0 Å². The van der Waals surface area contributed by atoms with Crippen LogP contribution in [0.4, 0.5) is 0 Å². The topological polar surface area (TPSA) is 75.9 Å². The number of carbonyl (C=O) groups excluding carboxylic acids is 2. The van der Waals surface area contributed by atoms with Gasteiger partial charge in [-0.05, 0) is 6.08 Å². The average molecular weight is 237 g/mol. The van der Waals surface area contributed by atoms with Crippen LogP contribution in [-0.4, -0.2) is 54.1 Å². The van der Waals surface area contributed by atoms with Gasteiger partial charge < -0.3 is 15.4 Å². The van der Waals surface area contributed by atoms with Crippen molar-refractivity contribution in [2.45, 2.75) is 6.17 Å². The summed E-state index contributed by atoms with van der Waals surface area (Å²) in [5, 5.41) is 0. The zero-order valence-corrected chi connectivity index (χ0v) is 9.41. The van der Waals surface area contributed by atoms with E-state index >= 15 is 0 Å². The summed E-state index contributed by atoms with van der Waals surface area (Å²) in [4.78, 5) is 26.0.